The number of carbonyl (C=O) groups is 2. The van der Waals surface area contributed by atoms with Crippen LogP contribution in [0.4, 0.5) is 0 Å². The number of esters is 1. The van der Waals surface area contributed by atoms with E-state index in [1.54, 1.807) is 23.2 Å². The van der Waals surface area contributed by atoms with Crippen LogP contribution in [-0.2, 0) is 14.3 Å². The van der Waals surface area contributed by atoms with Gasteiger partial charge in [0.15, 0.2) is 0 Å². The zero-order chi connectivity index (χ0) is 19.2. The Bertz CT molecular complexity index is 846. The molecule has 142 valence electrons. The van der Waals surface area contributed by atoms with Gasteiger partial charge in [0.05, 0.1) is 30.0 Å². The zero-order valence-electron chi connectivity index (χ0n) is 15.1. The Morgan fingerprint density at radius 1 is 1.33 bits per heavy atom. The van der Waals surface area contributed by atoms with Crippen molar-refractivity contribution in [3.05, 3.63) is 46.4 Å². The van der Waals surface area contributed by atoms with E-state index >= 15 is 0 Å². The summed E-state index contributed by atoms with van der Waals surface area (Å²) in [4.78, 5) is 29.7. The van der Waals surface area contributed by atoms with Crippen molar-refractivity contribution in [2.24, 2.45) is 0 Å². The number of aryl methyl sites for hydroxylation is 1. The fourth-order valence-corrected chi connectivity index (χ4v) is 4.25. The lowest BCUT2D eigenvalue weighted by atomic mass is 10.2. The van der Waals surface area contributed by atoms with Crippen LogP contribution in [0.15, 0.2) is 40.8 Å². The van der Waals surface area contributed by atoms with Gasteiger partial charge >= 0.3 is 5.97 Å². The molecule has 8 heteroatoms. The van der Waals surface area contributed by atoms with Gasteiger partial charge in [-0.25, -0.2) is 9.78 Å². The van der Waals surface area contributed by atoms with Gasteiger partial charge in [-0.3, -0.25) is 4.79 Å². The number of hydrogen-bond acceptors (Lipinski definition) is 7. The highest BCUT2D eigenvalue weighted by molar-refractivity contribution is 8.04. The van der Waals surface area contributed by atoms with Crippen LogP contribution >= 0.6 is 23.1 Å². The van der Waals surface area contributed by atoms with Gasteiger partial charge in [0.1, 0.15) is 17.4 Å². The summed E-state index contributed by atoms with van der Waals surface area (Å²) >= 11 is 2.95. The monoisotopic (exact) mass is 404 g/mol. The van der Waals surface area contributed by atoms with E-state index in [9.17, 15) is 9.59 Å². The highest BCUT2D eigenvalue weighted by atomic mass is 32.2. The number of thioether (sulfide) groups is 1. The number of aromatic nitrogens is 1. The second-order valence-corrected chi connectivity index (χ2v) is 7.59. The Labute approximate surface area is 166 Å². The summed E-state index contributed by atoms with van der Waals surface area (Å²) in [6.45, 7) is 4.74. The number of benzene rings is 1. The fourth-order valence-electron chi connectivity index (χ4n) is 2.49. The average Bonchev–Trinajstić information content (AvgIpc) is 3.23. The third-order valence-corrected chi connectivity index (χ3v) is 5.78. The molecule has 0 N–H and O–H groups in total. The maximum absolute atomic E-state index is 12.0. The highest BCUT2D eigenvalue weighted by Gasteiger charge is 2.27. The largest absolute Gasteiger partial charge is 0.492 e. The molecule has 27 heavy (non-hydrogen) atoms. The number of carbonyl (C=O) groups excluding carboxylic acids is 2. The van der Waals surface area contributed by atoms with Crippen LogP contribution in [0.5, 0.6) is 5.75 Å². The molecule has 0 aliphatic carbocycles. The molecule has 2 heterocycles. The predicted octanol–water partition coefficient (Wildman–Crippen LogP) is 3.48. The van der Waals surface area contributed by atoms with E-state index < -0.39 is 5.97 Å². The molecule has 6 nitrogen and oxygen atoms in total. The van der Waals surface area contributed by atoms with Crippen LogP contribution in [-0.4, -0.2) is 47.3 Å². The van der Waals surface area contributed by atoms with Crippen molar-refractivity contribution >= 4 is 35.0 Å². The highest BCUT2D eigenvalue weighted by Crippen LogP contribution is 2.29. The van der Waals surface area contributed by atoms with Crippen LogP contribution in [0.1, 0.15) is 12.6 Å². The summed E-state index contributed by atoms with van der Waals surface area (Å²) < 4.78 is 10.7. The lowest BCUT2D eigenvalue weighted by molar-refractivity contribution is -0.137. The number of rotatable bonds is 7. The Balaban J connectivity index is 1.55. The standard InChI is InChI=1S/C19H20N2O4S2/c1-3-24-18(23)10-17-21(16(22)12-26-17)8-9-25-15-6-4-14(5-7-15)19-20-13(2)11-27-19/h4-7,10-11H,3,8-9,12H2,1-2H3/b17-10-. The molecule has 0 radical (unpaired) electrons. The first-order chi connectivity index (χ1) is 13.1. The van der Waals surface area contributed by atoms with Gasteiger partial charge < -0.3 is 14.4 Å². The first-order valence-electron chi connectivity index (χ1n) is 8.54. The molecular weight excluding hydrogens is 384 g/mol. The summed E-state index contributed by atoms with van der Waals surface area (Å²) in [7, 11) is 0. The maximum Gasteiger partial charge on any atom is 0.333 e. The van der Waals surface area contributed by atoms with Crippen LogP contribution in [0.3, 0.4) is 0 Å². The van der Waals surface area contributed by atoms with Gasteiger partial charge in [-0.15, -0.1) is 11.3 Å². The molecule has 1 aromatic carbocycles. The van der Waals surface area contributed by atoms with E-state index in [1.165, 1.54) is 17.8 Å². The lowest BCUT2D eigenvalue weighted by Crippen LogP contribution is -2.29. The van der Waals surface area contributed by atoms with Crippen molar-refractivity contribution in [2.75, 3.05) is 25.5 Å². The summed E-state index contributed by atoms with van der Waals surface area (Å²) in [6.07, 6.45) is 1.36. The van der Waals surface area contributed by atoms with Gasteiger partial charge in [-0.1, -0.05) is 11.8 Å². The van der Waals surface area contributed by atoms with Crippen LogP contribution in [0.2, 0.25) is 0 Å². The van der Waals surface area contributed by atoms with Gasteiger partial charge in [0.2, 0.25) is 5.91 Å². The summed E-state index contributed by atoms with van der Waals surface area (Å²) in [5.74, 6) is 0.581. The molecule has 1 amide bonds. The van der Waals surface area contributed by atoms with Crippen LogP contribution < -0.4 is 4.74 Å². The molecule has 2 aromatic rings. The summed E-state index contributed by atoms with van der Waals surface area (Å²) in [6, 6.07) is 7.72. The molecular formula is C19H20N2O4S2. The molecule has 0 bridgehead atoms. The average molecular weight is 405 g/mol. The number of thiazole rings is 1. The first kappa shape index (κ1) is 19.4. The molecule has 1 saturated heterocycles. The van der Waals surface area contributed by atoms with E-state index in [0.29, 0.717) is 30.5 Å². The second kappa shape index (κ2) is 9.05. The minimum atomic E-state index is -0.436. The Kier molecular flexibility index (Phi) is 6.52. The molecule has 1 aliphatic rings. The number of hydrogen-bond donors (Lipinski definition) is 0. The van der Waals surface area contributed by atoms with Gasteiger partial charge in [0, 0.05) is 16.6 Å². The van der Waals surface area contributed by atoms with Crippen molar-refractivity contribution in [1.82, 2.24) is 9.88 Å². The number of amides is 1. The Morgan fingerprint density at radius 3 is 2.78 bits per heavy atom. The summed E-state index contributed by atoms with van der Waals surface area (Å²) in [5, 5.41) is 3.61. The number of ether oxygens (including phenoxy) is 2. The topological polar surface area (TPSA) is 68.7 Å². The first-order valence-corrected chi connectivity index (χ1v) is 10.4. The molecule has 3 rings (SSSR count). The predicted molar refractivity (Wildman–Crippen MR) is 107 cm³/mol. The maximum atomic E-state index is 12.0. The van der Waals surface area contributed by atoms with Crippen LogP contribution in [0.25, 0.3) is 10.6 Å². The van der Waals surface area contributed by atoms with E-state index in [-0.39, 0.29) is 5.91 Å². The molecule has 1 aromatic heterocycles. The lowest BCUT2D eigenvalue weighted by Gasteiger charge is -2.17. The van der Waals surface area contributed by atoms with Gasteiger partial charge in [-0.05, 0) is 38.1 Å². The van der Waals surface area contributed by atoms with E-state index in [0.717, 1.165) is 22.0 Å². The fraction of sp³-hybridized carbons (Fsp3) is 0.316. The smallest absolute Gasteiger partial charge is 0.333 e. The molecule has 0 spiro atoms. The summed E-state index contributed by atoms with van der Waals surface area (Å²) in [5.41, 5.74) is 2.06. The number of nitrogens with zero attached hydrogens (tertiary/aromatic N) is 2. The van der Waals surface area contributed by atoms with E-state index in [4.69, 9.17) is 9.47 Å². The van der Waals surface area contributed by atoms with Gasteiger partial charge in [0.25, 0.3) is 0 Å². The van der Waals surface area contributed by atoms with Crippen molar-refractivity contribution in [3.63, 3.8) is 0 Å². The Hall–Kier alpha value is -2.32. The van der Waals surface area contributed by atoms with Crippen molar-refractivity contribution in [1.29, 1.82) is 0 Å². The molecule has 1 fully saturated rings. The van der Waals surface area contributed by atoms with Crippen molar-refractivity contribution < 1.29 is 19.1 Å². The third kappa shape index (κ3) is 5.11. The van der Waals surface area contributed by atoms with E-state index in [1.807, 2.05) is 36.6 Å². The normalized spacial score (nSPS) is 15.4. The van der Waals surface area contributed by atoms with Gasteiger partial charge in [-0.2, -0.15) is 0 Å². The molecule has 0 atom stereocenters. The molecule has 0 saturated carbocycles. The van der Waals surface area contributed by atoms with Crippen molar-refractivity contribution in [2.45, 2.75) is 13.8 Å². The SMILES string of the molecule is CCOC(=O)/C=C1\SCC(=O)N1CCOc1ccc(-c2nc(C)cs2)cc1. The quantitative estimate of drug-likeness (QED) is 0.520. The third-order valence-electron chi connectivity index (χ3n) is 3.74. The minimum absolute atomic E-state index is 0.0337. The Morgan fingerprint density at radius 2 is 2.11 bits per heavy atom. The van der Waals surface area contributed by atoms with E-state index in [2.05, 4.69) is 4.98 Å². The van der Waals surface area contributed by atoms with Crippen molar-refractivity contribution in [3.8, 4) is 16.3 Å². The molecule has 0 unspecified atom stereocenters. The second-order valence-electron chi connectivity index (χ2n) is 5.74. The molecule has 1 aliphatic heterocycles. The zero-order valence-corrected chi connectivity index (χ0v) is 16.8. The van der Waals surface area contributed by atoms with Crippen LogP contribution in [0, 0.1) is 6.92 Å². The minimum Gasteiger partial charge on any atom is -0.492 e.